The van der Waals surface area contributed by atoms with Gasteiger partial charge in [-0.25, -0.2) is 0 Å². The monoisotopic (exact) mass is 426 g/mol. The molecule has 0 amide bonds. The van der Waals surface area contributed by atoms with Crippen LogP contribution in [0.4, 0.5) is 0 Å². The third kappa shape index (κ3) is 3.82. The van der Waals surface area contributed by atoms with E-state index >= 15 is 0 Å². The molecule has 2 aromatic rings. The Morgan fingerprint density at radius 3 is 2.27 bits per heavy atom. The second-order valence-corrected chi connectivity index (χ2v) is 7.34. The fourth-order valence-corrected chi connectivity index (χ4v) is 3.34. The van der Waals surface area contributed by atoms with E-state index in [0.29, 0.717) is 6.61 Å². The molecule has 0 radical (unpaired) electrons. The summed E-state index contributed by atoms with van der Waals surface area (Å²) in [7, 11) is 0. The minimum absolute atomic E-state index is 0.0595. The van der Waals surface area contributed by atoms with Gasteiger partial charge < -0.3 is 4.74 Å². The Morgan fingerprint density at radius 1 is 1.00 bits per heavy atom. The molecule has 0 aliphatic carbocycles. The van der Waals surface area contributed by atoms with Crippen LogP contribution in [0.2, 0.25) is 5.02 Å². The van der Waals surface area contributed by atoms with Crippen LogP contribution in [0, 0.1) is 15.4 Å². The quantitative estimate of drug-likeness (QED) is 0.531. The molecular weight excluding hydrogens is 411 g/mol. The molecule has 1 aliphatic heterocycles. The van der Waals surface area contributed by atoms with Gasteiger partial charge in [-0.3, -0.25) is 4.79 Å². The maximum Gasteiger partial charge on any atom is 0.309 e. The molecule has 2 atom stereocenters. The van der Waals surface area contributed by atoms with E-state index in [-0.39, 0.29) is 17.8 Å². The van der Waals surface area contributed by atoms with Crippen LogP contribution in [0.25, 0.3) is 0 Å². The molecule has 114 valence electrons. The Kier molecular flexibility index (Phi) is 5.03. The Labute approximate surface area is 149 Å². The van der Waals surface area contributed by atoms with Crippen LogP contribution in [0.3, 0.4) is 0 Å². The Hall–Kier alpha value is -1.07. The van der Waals surface area contributed by atoms with Gasteiger partial charge in [-0.05, 0) is 70.8 Å². The summed E-state index contributed by atoms with van der Waals surface area (Å²) in [5.41, 5.74) is 2.38. The van der Waals surface area contributed by atoms with E-state index in [4.69, 9.17) is 16.3 Å². The van der Waals surface area contributed by atoms with Gasteiger partial charge in [-0.15, -0.1) is 0 Å². The van der Waals surface area contributed by atoms with Crippen molar-refractivity contribution in [3.05, 3.63) is 68.3 Å². The average Bonchev–Trinajstić information content (AvgIpc) is 2.85. The van der Waals surface area contributed by atoms with Gasteiger partial charge >= 0.3 is 5.97 Å². The van der Waals surface area contributed by atoms with Gasteiger partial charge in [0, 0.05) is 14.5 Å². The number of carbonyl (C=O) groups is 1. The highest BCUT2D eigenvalue weighted by molar-refractivity contribution is 14.1. The van der Waals surface area contributed by atoms with Crippen LogP contribution in [-0.2, 0) is 22.4 Å². The van der Waals surface area contributed by atoms with Crippen molar-refractivity contribution in [2.75, 3.05) is 6.61 Å². The summed E-state index contributed by atoms with van der Waals surface area (Å²) in [6, 6.07) is 16.2. The Bertz CT molecular complexity index is 652. The molecule has 1 fully saturated rings. The average molecular weight is 427 g/mol. The molecular formula is C18H16ClIO2. The third-order valence-corrected chi connectivity index (χ3v) is 5.06. The van der Waals surface area contributed by atoms with Crippen LogP contribution in [0.5, 0.6) is 0 Å². The van der Waals surface area contributed by atoms with E-state index in [2.05, 4.69) is 46.9 Å². The second kappa shape index (κ2) is 7.01. The fourth-order valence-electron chi connectivity index (χ4n) is 2.85. The van der Waals surface area contributed by atoms with Crippen LogP contribution in [0.15, 0.2) is 48.5 Å². The number of ether oxygens (including phenoxy) is 1. The number of esters is 1. The largest absolute Gasteiger partial charge is 0.465 e. The SMILES string of the molecule is O=C1OC[C@H](Cc2ccc(Cl)cc2)[C@H]1Cc1ccc(I)cc1. The smallest absolute Gasteiger partial charge is 0.309 e. The summed E-state index contributed by atoms with van der Waals surface area (Å²) in [5, 5.41) is 0.734. The first kappa shape index (κ1) is 15.8. The van der Waals surface area contributed by atoms with Crippen molar-refractivity contribution in [1.29, 1.82) is 0 Å². The van der Waals surface area contributed by atoms with Gasteiger partial charge in [-0.2, -0.15) is 0 Å². The number of cyclic esters (lactones) is 1. The standard InChI is InChI=1S/C18H16ClIO2/c19-15-5-1-12(2-6-15)9-14-11-22-18(21)17(14)10-13-3-7-16(20)8-4-13/h1-8,14,17H,9-11H2/t14-,17+/m0/s1. The van der Waals surface area contributed by atoms with Gasteiger partial charge in [0.15, 0.2) is 0 Å². The lowest BCUT2D eigenvalue weighted by Crippen LogP contribution is -2.20. The molecule has 3 rings (SSSR count). The van der Waals surface area contributed by atoms with Crippen molar-refractivity contribution < 1.29 is 9.53 Å². The highest BCUT2D eigenvalue weighted by Gasteiger charge is 2.36. The molecule has 0 aromatic heterocycles. The fraction of sp³-hybridized carbons (Fsp3) is 0.278. The van der Waals surface area contributed by atoms with Crippen LogP contribution in [0.1, 0.15) is 11.1 Å². The zero-order chi connectivity index (χ0) is 15.5. The maximum atomic E-state index is 12.1. The minimum Gasteiger partial charge on any atom is -0.465 e. The summed E-state index contributed by atoms with van der Waals surface area (Å²) in [6.45, 7) is 0.510. The molecule has 2 nitrogen and oxygen atoms in total. The van der Waals surface area contributed by atoms with Crippen molar-refractivity contribution in [2.45, 2.75) is 12.8 Å². The molecule has 0 unspecified atom stereocenters. The minimum atomic E-state index is -0.0717. The first-order valence-electron chi connectivity index (χ1n) is 7.27. The van der Waals surface area contributed by atoms with Gasteiger partial charge in [-0.1, -0.05) is 35.9 Å². The molecule has 0 spiro atoms. The molecule has 0 bridgehead atoms. The Balaban J connectivity index is 1.71. The molecule has 2 aromatic carbocycles. The highest BCUT2D eigenvalue weighted by atomic mass is 127. The van der Waals surface area contributed by atoms with Crippen molar-refractivity contribution in [3.63, 3.8) is 0 Å². The van der Waals surface area contributed by atoms with Gasteiger partial charge in [0.2, 0.25) is 0 Å². The molecule has 4 heteroatoms. The maximum absolute atomic E-state index is 12.1. The van der Waals surface area contributed by atoms with Crippen molar-refractivity contribution in [3.8, 4) is 0 Å². The predicted octanol–water partition coefficient (Wildman–Crippen LogP) is 4.52. The van der Waals surface area contributed by atoms with Gasteiger partial charge in [0.1, 0.15) is 0 Å². The number of halogens is 2. The number of hydrogen-bond acceptors (Lipinski definition) is 2. The lowest BCUT2D eigenvalue weighted by molar-refractivity contribution is -0.141. The number of rotatable bonds is 4. The lowest BCUT2D eigenvalue weighted by atomic mass is 9.85. The van der Waals surface area contributed by atoms with Crippen LogP contribution >= 0.6 is 34.2 Å². The van der Waals surface area contributed by atoms with E-state index in [1.807, 2.05) is 24.3 Å². The Morgan fingerprint density at radius 2 is 1.59 bits per heavy atom. The first-order valence-corrected chi connectivity index (χ1v) is 8.73. The zero-order valence-corrected chi connectivity index (χ0v) is 14.9. The van der Waals surface area contributed by atoms with Crippen molar-refractivity contribution in [2.24, 2.45) is 11.8 Å². The molecule has 0 saturated carbocycles. The molecule has 1 saturated heterocycles. The predicted molar refractivity (Wildman–Crippen MR) is 96.0 cm³/mol. The summed E-state index contributed by atoms with van der Waals surface area (Å²) in [4.78, 5) is 12.1. The van der Waals surface area contributed by atoms with Gasteiger partial charge in [0.25, 0.3) is 0 Å². The number of benzene rings is 2. The van der Waals surface area contributed by atoms with Crippen LogP contribution < -0.4 is 0 Å². The number of hydrogen-bond donors (Lipinski definition) is 0. The second-order valence-electron chi connectivity index (χ2n) is 5.66. The van der Waals surface area contributed by atoms with E-state index in [9.17, 15) is 4.79 Å². The summed E-state index contributed by atoms with van der Waals surface area (Å²) in [6.07, 6.45) is 1.59. The highest BCUT2D eigenvalue weighted by Crippen LogP contribution is 2.29. The van der Waals surface area contributed by atoms with E-state index in [0.717, 1.165) is 17.9 Å². The first-order chi connectivity index (χ1) is 10.6. The molecule has 0 N–H and O–H groups in total. The van der Waals surface area contributed by atoms with E-state index in [1.165, 1.54) is 14.7 Å². The number of carbonyl (C=O) groups excluding carboxylic acids is 1. The summed E-state index contributed by atoms with van der Waals surface area (Å²) in [5.74, 6) is 0.0983. The topological polar surface area (TPSA) is 26.3 Å². The van der Waals surface area contributed by atoms with Crippen molar-refractivity contribution in [1.82, 2.24) is 0 Å². The summed E-state index contributed by atoms with van der Waals surface area (Å²) >= 11 is 8.21. The van der Waals surface area contributed by atoms with Crippen LogP contribution in [-0.4, -0.2) is 12.6 Å². The lowest BCUT2D eigenvalue weighted by Gasteiger charge is -2.15. The zero-order valence-electron chi connectivity index (χ0n) is 12.0. The van der Waals surface area contributed by atoms with E-state index < -0.39 is 0 Å². The molecule has 1 heterocycles. The molecule has 1 aliphatic rings. The third-order valence-electron chi connectivity index (χ3n) is 4.09. The normalized spacial score (nSPS) is 20.9. The van der Waals surface area contributed by atoms with Gasteiger partial charge in [0.05, 0.1) is 12.5 Å². The van der Waals surface area contributed by atoms with E-state index in [1.54, 1.807) is 0 Å². The molecule has 22 heavy (non-hydrogen) atoms. The van der Waals surface area contributed by atoms with Crippen molar-refractivity contribution >= 4 is 40.2 Å². The summed E-state index contributed by atoms with van der Waals surface area (Å²) < 4.78 is 6.51.